The molecule has 3 N–H and O–H groups in total. The number of ether oxygens (including phenoxy) is 1. The average Bonchev–Trinajstić information content (AvgIpc) is 2.65. The molecule has 0 spiro atoms. The number of pyridine rings is 1. The Balaban J connectivity index is 1.37. The number of nitrogens with one attached hydrogen (secondary N) is 1. The molecular weight excluding hydrogens is 405 g/mol. The first-order chi connectivity index (χ1) is 14.2. The molecule has 30 heavy (non-hydrogen) atoms. The quantitative estimate of drug-likeness (QED) is 0.457. The summed E-state index contributed by atoms with van der Waals surface area (Å²) in [5.41, 5.74) is 4.52. The van der Waals surface area contributed by atoms with Crippen molar-refractivity contribution in [3.05, 3.63) is 65.5 Å². The van der Waals surface area contributed by atoms with Crippen LogP contribution < -0.4 is 15.8 Å². The van der Waals surface area contributed by atoms with Crippen molar-refractivity contribution in [1.82, 2.24) is 10.3 Å². The summed E-state index contributed by atoms with van der Waals surface area (Å²) < 4.78 is 71.9. The molecule has 0 radical (unpaired) electrons. The molecular formula is C21H18F5N3O. The Bertz CT molecular complexity index is 1080. The van der Waals surface area contributed by atoms with Crippen LogP contribution in [-0.2, 0) is 12.7 Å². The van der Waals surface area contributed by atoms with E-state index < -0.39 is 17.6 Å². The number of nitrogens with two attached hydrogens (primary N) is 1. The van der Waals surface area contributed by atoms with E-state index in [0.717, 1.165) is 10.8 Å². The fourth-order valence-electron chi connectivity index (χ4n) is 3.53. The standard InChI is InChI=1S/C21H18F5N3O/c22-17-2-1-11-9-28-4-3-14(11)15(17)10-29-12-5-13(6-12)30-20-7-16(21(24,25)26)18(23)8-19(20)27/h1-4,7-9,12-13,29H,5-6,10,27H2/t12-,13-. The van der Waals surface area contributed by atoms with Crippen molar-refractivity contribution < 1.29 is 26.7 Å². The fraction of sp³-hybridized carbons (Fsp3) is 0.286. The van der Waals surface area contributed by atoms with Crippen molar-refractivity contribution in [3.8, 4) is 5.75 Å². The maximum absolute atomic E-state index is 14.2. The van der Waals surface area contributed by atoms with Crippen LogP contribution in [0.15, 0.2) is 42.7 Å². The molecule has 1 saturated carbocycles. The molecule has 9 heteroatoms. The molecule has 158 valence electrons. The first-order valence-electron chi connectivity index (χ1n) is 9.29. The van der Waals surface area contributed by atoms with Gasteiger partial charge in [0.25, 0.3) is 0 Å². The Morgan fingerprint density at radius 3 is 2.60 bits per heavy atom. The number of alkyl halides is 3. The molecule has 0 bridgehead atoms. The molecule has 1 aliphatic carbocycles. The molecule has 3 aromatic rings. The number of benzene rings is 2. The minimum absolute atomic E-state index is 0.00949. The number of nitrogen functional groups attached to an aromatic ring is 1. The number of aromatic nitrogens is 1. The minimum atomic E-state index is -4.84. The summed E-state index contributed by atoms with van der Waals surface area (Å²) in [4.78, 5) is 4.03. The molecule has 1 aliphatic rings. The molecule has 4 nitrogen and oxygen atoms in total. The van der Waals surface area contributed by atoms with E-state index in [0.29, 0.717) is 37.1 Å². The smallest absolute Gasteiger partial charge is 0.419 e. The second-order valence-corrected chi connectivity index (χ2v) is 7.28. The highest BCUT2D eigenvalue weighted by atomic mass is 19.4. The van der Waals surface area contributed by atoms with Gasteiger partial charge in [-0.3, -0.25) is 4.98 Å². The van der Waals surface area contributed by atoms with E-state index in [1.807, 2.05) is 0 Å². The van der Waals surface area contributed by atoms with Crippen LogP contribution in [0.2, 0.25) is 0 Å². The molecule has 1 aromatic heterocycles. The van der Waals surface area contributed by atoms with Gasteiger partial charge in [-0.2, -0.15) is 13.2 Å². The van der Waals surface area contributed by atoms with Crippen molar-refractivity contribution in [2.75, 3.05) is 5.73 Å². The maximum atomic E-state index is 14.2. The van der Waals surface area contributed by atoms with Crippen molar-refractivity contribution in [2.24, 2.45) is 0 Å². The molecule has 0 aliphatic heterocycles. The number of halogens is 5. The van der Waals surface area contributed by atoms with Gasteiger partial charge in [-0.25, -0.2) is 8.78 Å². The van der Waals surface area contributed by atoms with Crippen LogP contribution >= 0.6 is 0 Å². The highest BCUT2D eigenvalue weighted by Crippen LogP contribution is 2.38. The van der Waals surface area contributed by atoms with Crippen molar-refractivity contribution in [1.29, 1.82) is 0 Å². The fourth-order valence-corrected chi connectivity index (χ4v) is 3.53. The second kappa shape index (κ2) is 7.71. The SMILES string of the molecule is Nc1cc(F)c(C(F)(F)F)cc1O[C@H]1C[C@H](NCc2c(F)ccc3cnccc23)C1. The van der Waals surface area contributed by atoms with Crippen molar-refractivity contribution in [2.45, 2.75) is 37.7 Å². The van der Waals surface area contributed by atoms with Crippen LogP contribution in [-0.4, -0.2) is 17.1 Å². The highest BCUT2D eigenvalue weighted by Gasteiger charge is 2.36. The Morgan fingerprint density at radius 1 is 1.10 bits per heavy atom. The van der Waals surface area contributed by atoms with Gasteiger partial charge in [-0.05, 0) is 42.5 Å². The molecule has 0 unspecified atom stereocenters. The van der Waals surface area contributed by atoms with E-state index in [1.165, 1.54) is 6.07 Å². The third-order valence-corrected chi connectivity index (χ3v) is 5.24. The predicted octanol–water partition coefficient (Wildman–Crippen LogP) is 4.81. The largest absolute Gasteiger partial charge is 0.488 e. The lowest BCUT2D eigenvalue weighted by atomic mass is 9.88. The summed E-state index contributed by atoms with van der Waals surface area (Å²) >= 11 is 0. The lowest BCUT2D eigenvalue weighted by Crippen LogP contribution is -2.46. The summed E-state index contributed by atoms with van der Waals surface area (Å²) in [5.74, 6) is -1.96. The van der Waals surface area contributed by atoms with Gasteiger partial charge < -0.3 is 15.8 Å². The minimum Gasteiger partial charge on any atom is -0.488 e. The molecule has 0 saturated heterocycles. The number of fused-ring (bicyclic) bond motifs is 1. The Labute approximate surface area is 168 Å². The monoisotopic (exact) mass is 423 g/mol. The van der Waals surface area contributed by atoms with Gasteiger partial charge in [0.15, 0.2) is 0 Å². The Kier molecular flexibility index (Phi) is 5.23. The van der Waals surface area contributed by atoms with E-state index in [2.05, 4.69) is 10.3 Å². The van der Waals surface area contributed by atoms with E-state index in [-0.39, 0.29) is 29.4 Å². The van der Waals surface area contributed by atoms with Crippen LogP contribution in [0.3, 0.4) is 0 Å². The molecule has 4 rings (SSSR count). The number of hydrogen-bond acceptors (Lipinski definition) is 4. The van der Waals surface area contributed by atoms with E-state index in [1.54, 1.807) is 24.5 Å². The maximum Gasteiger partial charge on any atom is 0.419 e. The zero-order valence-electron chi connectivity index (χ0n) is 15.6. The van der Waals surface area contributed by atoms with Gasteiger partial charge in [-0.15, -0.1) is 0 Å². The van der Waals surface area contributed by atoms with Gasteiger partial charge in [0.2, 0.25) is 0 Å². The van der Waals surface area contributed by atoms with Crippen LogP contribution in [0.4, 0.5) is 27.6 Å². The van der Waals surface area contributed by atoms with Gasteiger partial charge in [0.1, 0.15) is 23.5 Å². The lowest BCUT2D eigenvalue weighted by molar-refractivity contribution is -0.140. The summed E-state index contributed by atoms with van der Waals surface area (Å²) in [7, 11) is 0. The highest BCUT2D eigenvalue weighted by molar-refractivity contribution is 5.84. The molecule has 0 amide bonds. The second-order valence-electron chi connectivity index (χ2n) is 7.28. The van der Waals surface area contributed by atoms with Gasteiger partial charge in [-0.1, -0.05) is 0 Å². The average molecular weight is 423 g/mol. The summed E-state index contributed by atoms with van der Waals surface area (Å²) in [6, 6.07) is 6.02. The van der Waals surface area contributed by atoms with Gasteiger partial charge >= 0.3 is 6.18 Å². The molecule has 2 aromatic carbocycles. The topological polar surface area (TPSA) is 60.2 Å². The van der Waals surface area contributed by atoms with Gasteiger partial charge in [0.05, 0.1) is 11.3 Å². The first-order valence-corrected chi connectivity index (χ1v) is 9.29. The summed E-state index contributed by atoms with van der Waals surface area (Å²) in [6.07, 6.45) is -0.928. The number of rotatable bonds is 5. The Morgan fingerprint density at radius 2 is 1.87 bits per heavy atom. The van der Waals surface area contributed by atoms with E-state index in [9.17, 15) is 22.0 Å². The number of hydrogen-bond donors (Lipinski definition) is 2. The normalized spacial score (nSPS) is 19.0. The number of nitrogens with zero attached hydrogens (tertiary/aromatic N) is 1. The van der Waals surface area contributed by atoms with Crippen LogP contribution in [0.25, 0.3) is 10.8 Å². The molecule has 1 fully saturated rings. The zero-order valence-corrected chi connectivity index (χ0v) is 15.6. The third-order valence-electron chi connectivity index (χ3n) is 5.24. The van der Waals surface area contributed by atoms with Crippen LogP contribution in [0, 0.1) is 11.6 Å². The first kappa shape index (κ1) is 20.3. The van der Waals surface area contributed by atoms with Crippen LogP contribution in [0.1, 0.15) is 24.0 Å². The molecule has 1 heterocycles. The summed E-state index contributed by atoms with van der Waals surface area (Å²) in [5, 5.41) is 4.83. The van der Waals surface area contributed by atoms with Crippen molar-refractivity contribution in [3.63, 3.8) is 0 Å². The van der Waals surface area contributed by atoms with Crippen molar-refractivity contribution >= 4 is 16.5 Å². The lowest BCUT2D eigenvalue weighted by Gasteiger charge is -2.36. The Hall–Kier alpha value is -2.94. The van der Waals surface area contributed by atoms with Crippen LogP contribution in [0.5, 0.6) is 5.75 Å². The van der Waals surface area contributed by atoms with Gasteiger partial charge in [0, 0.05) is 42.0 Å². The third kappa shape index (κ3) is 4.02. The summed E-state index contributed by atoms with van der Waals surface area (Å²) in [6.45, 7) is 0.293. The van der Waals surface area contributed by atoms with E-state index in [4.69, 9.17) is 10.5 Å². The molecule has 0 atom stereocenters. The predicted molar refractivity (Wildman–Crippen MR) is 102 cm³/mol. The zero-order chi connectivity index (χ0) is 21.5. The van der Waals surface area contributed by atoms with E-state index >= 15 is 0 Å². The number of anilines is 1.